The smallest absolute Gasteiger partial charge is 0.303 e. The summed E-state index contributed by atoms with van der Waals surface area (Å²) in [6.07, 6.45) is 7.55. The summed E-state index contributed by atoms with van der Waals surface area (Å²) in [6, 6.07) is 6.12. The molecule has 0 unspecified atom stereocenters. The van der Waals surface area contributed by atoms with Crippen molar-refractivity contribution in [3.05, 3.63) is 29.3 Å². The van der Waals surface area contributed by atoms with Gasteiger partial charge in [-0.1, -0.05) is 37.8 Å². The highest BCUT2D eigenvalue weighted by Crippen LogP contribution is 2.42. The summed E-state index contributed by atoms with van der Waals surface area (Å²) in [4.78, 5) is 23.5. The monoisotopic (exact) mass is 361 g/mol. The summed E-state index contributed by atoms with van der Waals surface area (Å²) < 4.78 is 5.45. The second kappa shape index (κ2) is 9.60. The third-order valence-corrected chi connectivity index (χ3v) is 5.46. The number of carboxylic acids is 1. The van der Waals surface area contributed by atoms with E-state index < -0.39 is 11.4 Å². The molecule has 0 bridgehead atoms. The third kappa shape index (κ3) is 4.99. The fourth-order valence-electron chi connectivity index (χ4n) is 3.87. The van der Waals surface area contributed by atoms with Crippen molar-refractivity contribution in [2.24, 2.45) is 0 Å². The van der Waals surface area contributed by atoms with Crippen LogP contribution in [0.1, 0.15) is 68.9 Å². The van der Waals surface area contributed by atoms with E-state index in [-0.39, 0.29) is 12.3 Å². The first-order chi connectivity index (χ1) is 12.5. The van der Waals surface area contributed by atoms with Gasteiger partial charge in [-0.15, -0.1) is 0 Å². The van der Waals surface area contributed by atoms with Crippen molar-refractivity contribution in [3.63, 3.8) is 0 Å². The van der Waals surface area contributed by atoms with Gasteiger partial charge in [-0.3, -0.25) is 9.59 Å². The van der Waals surface area contributed by atoms with Gasteiger partial charge in [0.2, 0.25) is 5.91 Å². The number of ether oxygens (including phenoxy) is 1. The number of nitrogens with one attached hydrogen (secondary N) is 1. The molecular weight excluding hydrogens is 330 g/mol. The summed E-state index contributed by atoms with van der Waals surface area (Å²) in [5.41, 5.74) is 1.69. The molecule has 1 aliphatic carbocycles. The number of aliphatic carboxylic acids is 1. The second-order valence-electron chi connectivity index (χ2n) is 7.29. The number of hydrogen-bond acceptors (Lipinski definition) is 3. The topological polar surface area (TPSA) is 75.6 Å². The molecule has 0 radical (unpaired) electrons. The van der Waals surface area contributed by atoms with E-state index in [2.05, 4.69) is 11.4 Å². The largest absolute Gasteiger partial charge is 0.496 e. The van der Waals surface area contributed by atoms with Crippen LogP contribution in [-0.4, -0.2) is 30.6 Å². The van der Waals surface area contributed by atoms with Gasteiger partial charge in [0, 0.05) is 13.0 Å². The van der Waals surface area contributed by atoms with Gasteiger partial charge in [0.15, 0.2) is 0 Å². The number of hydrogen-bond donors (Lipinski definition) is 2. The van der Waals surface area contributed by atoms with Crippen molar-refractivity contribution in [2.45, 2.75) is 70.1 Å². The number of carboxylic acid groups (broad SMARTS) is 1. The number of benzene rings is 1. The highest BCUT2D eigenvalue weighted by molar-refractivity contribution is 5.88. The molecule has 1 aromatic carbocycles. The summed E-state index contributed by atoms with van der Waals surface area (Å²) >= 11 is 0. The zero-order valence-electron chi connectivity index (χ0n) is 16.0. The first-order valence-corrected chi connectivity index (χ1v) is 9.65. The number of rotatable bonds is 10. The van der Waals surface area contributed by atoms with E-state index in [4.69, 9.17) is 9.84 Å². The Morgan fingerprint density at radius 2 is 1.85 bits per heavy atom. The molecule has 0 saturated heterocycles. The maximum Gasteiger partial charge on any atom is 0.303 e. The van der Waals surface area contributed by atoms with E-state index in [1.54, 1.807) is 7.11 Å². The van der Waals surface area contributed by atoms with Crippen LogP contribution in [0.25, 0.3) is 0 Å². The molecule has 5 heteroatoms. The van der Waals surface area contributed by atoms with Gasteiger partial charge in [-0.05, 0) is 49.8 Å². The summed E-state index contributed by atoms with van der Waals surface area (Å²) in [7, 11) is 1.66. The number of aryl methyl sites for hydroxylation is 1. The lowest BCUT2D eigenvalue weighted by Crippen LogP contribution is -2.43. The van der Waals surface area contributed by atoms with E-state index in [1.165, 1.54) is 0 Å². The second-order valence-corrected chi connectivity index (χ2v) is 7.29. The number of amides is 1. The van der Waals surface area contributed by atoms with Crippen LogP contribution in [0.3, 0.4) is 0 Å². The molecule has 0 heterocycles. The van der Waals surface area contributed by atoms with Gasteiger partial charge in [0.25, 0.3) is 0 Å². The van der Waals surface area contributed by atoms with Crippen LogP contribution in [-0.2, 0) is 15.0 Å². The first-order valence-electron chi connectivity index (χ1n) is 9.65. The van der Waals surface area contributed by atoms with Crippen LogP contribution in [0, 0.1) is 6.92 Å². The SMILES string of the molecule is COc1cc(C2(C(=O)NCCCCCCC(=O)O)CCCC2)ccc1C. The Hall–Kier alpha value is -2.04. The van der Waals surface area contributed by atoms with Crippen LogP contribution >= 0.6 is 0 Å². The molecule has 5 nitrogen and oxygen atoms in total. The molecule has 2 rings (SSSR count). The van der Waals surface area contributed by atoms with E-state index in [0.29, 0.717) is 13.0 Å². The number of carbonyl (C=O) groups is 2. The van der Waals surface area contributed by atoms with Crippen molar-refractivity contribution >= 4 is 11.9 Å². The van der Waals surface area contributed by atoms with Crippen LogP contribution in [0.4, 0.5) is 0 Å². The van der Waals surface area contributed by atoms with Gasteiger partial charge >= 0.3 is 5.97 Å². The summed E-state index contributed by atoms with van der Waals surface area (Å²) in [5.74, 6) is 0.210. The minimum Gasteiger partial charge on any atom is -0.496 e. The minimum absolute atomic E-state index is 0.117. The predicted molar refractivity (Wildman–Crippen MR) is 102 cm³/mol. The molecule has 26 heavy (non-hydrogen) atoms. The van der Waals surface area contributed by atoms with Gasteiger partial charge in [0.05, 0.1) is 12.5 Å². The lowest BCUT2D eigenvalue weighted by molar-refractivity contribution is -0.137. The third-order valence-electron chi connectivity index (χ3n) is 5.46. The molecule has 1 aliphatic rings. The van der Waals surface area contributed by atoms with Gasteiger partial charge < -0.3 is 15.2 Å². The summed E-state index contributed by atoms with van der Waals surface area (Å²) in [5, 5.41) is 11.8. The highest BCUT2D eigenvalue weighted by atomic mass is 16.5. The average Bonchev–Trinajstić information content (AvgIpc) is 3.12. The molecule has 0 atom stereocenters. The molecule has 144 valence electrons. The molecule has 1 aromatic rings. The van der Waals surface area contributed by atoms with Crippen molar-refractivity contribution in [2.75, 3.05) is 13.7 Å². The van der Waals surface area contributed by atoms with E-state index in [0.717, 1.165) is 61.8 Å². The zero-order valence-corrected chi connectivity index (χ0v) is 16.0. The standard InChI is InChI=1S/C21H31NO4/c1-16-10-11-17(15-18(16)26-2)21(12-6-7-13-21)20(25)22-14-8-4-3-5-9-19(23)24/h10-11,15H,3-9,12-14H2,1-2H3,(H,22,25)(H,23,24). The molecule has 0 aliphatic heterocycles. The molecule has 1 saturated carbocycles. The van der Waals surface area contributed by atoms with E-state index >= 15 is 0 Å². The molecule has 2 N–H and O–H groups in total. The molecule has 1 amide bonds. The van der Waals surface area contributed by atoms with Crippen LogP contribution in [0.15, 0.2) is 18.2 Å². The average molecular weight is 361 g/mol. The van der Waals surface area contributed by atoms with Gasteiger partial charge in [-0.25, -0.2) is 0 Å². The quantitative estimate of drug-likeness (QED) is 0.618. The Bertz CT molecular complexity index is 620. The molecule has 0 spiro atoms. The van der Waals surface area contributed by atoms with Crippen LogP contribution in [0.2, 0.25) is 0 Å². The Kier molecular flexibility index (Phi) is 7.49. The number of methoxy groups -OCH3 is 1. The van der Waals surface area contributed by atoms with Crippen molar-refractivity contribution < 1.29 is 19.4 Å². The van der Waals surface area contributed by atoms with Crippen molar-refractivity contribution in [1.29, 1.82) is 0 Å². The first kappa shape index (κ1) is 20.3. The molecular formula is C21H31NO4. The predicted octanol–water partition coefficient (Wildman–Crippen LogP) is 3.97. The van der Waals surface area contributed by atoms with E-state index in [1.807, 2.05) is 19.1 Å². The summed E-state index contributed by atoms with van der Waals surface area (Å²) in [6.45, 7) is 2.66. The van der Waals surface area contributed by atoms with Crippen LogP contribution in [0.5, 0.6) is 5.75 Å². The normalized spacial score (nSPS) is 15.6. The Labute approximate surface area is 156 Å². The van der Waals surface area contributed by atoms with Gasteiger partial charge in [0.1, 0.15) is 5.75 Å². The zero-order chi connectivity index (χ0) is 19.0. The Morgan fingerprint density at radius 3 is 2.50 bits per heavy atom. The van der Waals surface area contributed by atoms with Crippen LogP contribution < -0.4 is 10.1 Å². The minimum atomic E-state index is -0.741. The lowest BCUT2D eigenvalue weighted by Gasteiger charge is -2.29. The maximum absolute atomic E-state index is 13.0. The Morgan fingerprint density at radius 1 is 1.15 bits per heavy atom. The highest BCUT2D eigenvalue weighted by Gasteiger charge is 2.42. The van der Waals surface area contributed by atoms with E-state index in [9.17, 15) is 9.59 Å². The van der Waals surface area contributed by atoms with Gasteiger partial charge in [-0.2, -0.15) is 0 Å². The fraction of sp³-hybridized carbons (Fsp3) is 0.619. The Balaban J connectivity index is 1.92. The molecule has 0 aromatic heterocycles. The fourth-order valence-corrected chi connectivity index (χ4v) is 3.87. The van der Waals surface area contributed by atoms with Crippen molar-refractivity contribution in [3.8, 4) is 5.75 Å². The number of unbranched alkanes of at least 4 members (excludes halogenated alkanes) is 3. The lowest BCUT2D eigenvalue weighted by atomic mass is 9.77. The molecule has 1 fully saturated rings. The number of carbonyl (C=O) groups excluding carboxylic acids is 1. The maximum atomic E-state index is 13.0. The van der Waals surface area contributed by atoms with Crippen molar-refractivity contribution in [1.82, 2.24) is 5.32 Å².